The standard InChI is InChI=1S/C21H21N/c1-2-22(20-16-10-5-11-17-20)21(18-12-6-3-7-13-18)19-14-8-4-9-15-19/h3-17,21H,2H2,1H3. The van der Waals surface area contributed by atoms with Gasteiger partial charge in [-0.25, -0.2) is 0 Å². The number of hydrogen-bond acceptors (Lipinski definition) is 1. The summed E-state index contributed by atoms with van der Waals surface area (Å²) in [7, 11) is 0. The second-order valence-electron chi connectivity index (χ2n) is 5.35. The number of hydrogen-bond donors (Lipinski definition) is 0. The van der Waals surface area contributed by atoms with Gasteiger partial charge in [-0.3, -0.25) is 0 Å². The van der Waals surface area contributed by atoms with Crippen LogP contribution in [-0.4, -0.2) is 6.54 Å². The van der Waals surface area contributed by atoms with Crippen LogP contribution < -0.4 is 4.90 Å². The molecule has 0 atom stereocenters. The average Bonchev–Trinajstić information content (AvgIpc) is 2.62. The molecule has 0 radical (unpaired) electrons. The molecule has 1 heteroatoms. The Hall–Kier alpha value is -2.54. The van der Waals surface area contributed by atoms with Crippen LogP contribution in [0.15, 0.2) is 91.0 Å². The van der Waals surface area contributed by atoms with Gasteiger partial charge >= 0.3 is 0 Å². The Bertz CT molecular complexity index is 637. The van der Waals surface area contributed by atoms with E-state index in [9.17, 15) is 0 Å². The minimum absolute atomic E-state index is 0.231. The molecule has 0 bridgehead atoms. The Balaban J connectivity index is 2.09. The third-order valence-corrected chi connectivity index (χ3v) is 3.97. The molecule has 0 heterocycles. The minimum Gasteiger partial charge on any atom is -0.361 e. The summed E-state index contributed by atoms with van der Waals surface area (Å²) in [5, 5.41) is 0. The maximum Gasteiger partial charge on any atom is 0.0795 e. The number of nitrogens with zero attached hydrogens (tertiary/aromatic N) is 1. The van der Waals surface area contributed by atoms with E-state index in [2.05, 4.69) is 103 Å². The van der Waals surface area contributed by atoms with Crippen LogP contribution in [0.3, 0.4) is 0 Å². The largest absolute Gasteiger partial charge is 0.361 e. The highest BCUT2D eigenvalue weighted by molar-refractivity contribution is 5.52. The highest BCUT2D eigenvalue weighted by atomic mass is 15.2. The van der Waals surface area contributed by atoms with Crippen molar-refractivity contribution in [2.75, 3.05) is 11.4 Å². The average molecular weight is 287 g/mol. The van der Waals surface area contributed by atoms with E-state index in [4.69, 9.17) is 0 Å². The normalized spacial score (nSPS) is 10.6. The third kappa shape index (κ3) is 3.04. The van der Waals surface area contributed by atoms with Crippen LogP contribution in [0.25, 0.3) is 0 Å². The van der Waals surface area contributed by atoms with Gasteiger partial charge in [0.25, 0.3) is 0 Å². The SMILES string of the molecule is CCN(c1ccccc1)C(c1ccccc1)c1ccccc1. The van der Waals surface area contributed by atoms with Crippen LogP contribution in [-0.2, 0) is 0 Å². The molecular weight excluding hydrogens is 266 g/mol. The Kier molecular flexibility index (Phi) is 4.55. The molecular formula is C21H21N. The van der Waals surface area contributed by atoms with Crippen LogP contribution in [0.2, 0.25) is 0 Å². The molecule has 3 rings (SSSR count). The van der Waals surface area contributed by atoms with Gasteiger partial charge in [0.15, 0.2) is 0 Å². The lowest BCUT2D eigenvalue weighted by Crippen LogP contribution is -2.29. The number of rotatable bonds is 5. The lowest BCUT2D eigenvalue weighted by molar-refractivity contribution is 0.726. The van der Waals surface area contributed by atoms with E-state index in [1.165, 1.54) is 16.8 Å². The molecule has 3 aromatic rings. The maximum absolute atomic E-state index is 2.45. The summed E-state index contributed by atoms with van der Waals surface area (Å²) in [4.78, 5) is 2.45. The van der Waals surface area contributed by atoms with Gasteiger partial charge in [-0.2, -0.15) is 0 Å². The van der Waals surface area contributed by atoms with Crippen molar-refractivity contribution in [1.29, 1.82) is 0 Å². The van der Waals surface area contributed by atoms with Crippen LogP contribution >= 0.6 is 0 Å². The molecule has 1 nitrogen and oxygen atoms in total. The monoisotopic (exact) mass is 287 g/mol. The molecule has 0 aromatic heterocycles. The van der Waals surface area contributed by atoms with Gasteiger partial charge in [0.05, 0.1) is 6.04 Å². The summed E-state index contributed by atoms with van der Waals surface area (Å²) in [5.74, 6) is 0. The first-order valence-electron chi connectivity index (χ1n) is 7.81. The number of anilines is 1. The maximum atomic E-state index is 2.45. The van der Waals surface area contributed by atoms with E-state index in [0.29, 0.717) is 0 Å². The molecule has 0 N–H and O–H groups in total. The summed E-state index contributed by atoms with van der Waals surface area (Å²) >= 11 is 0. The van der Waals surface area contributed by atoms with Crippen molar-refractivity contribution in [3.05, 3.63) is 102 Å². The fraction of sp³-hybridized carbons (Fsp3) is 0.143. The van der Waals surface area contributed by atoms with Gasteiger partial charge < -0.3 is 4.90 Å². The van der Waals surface area contributed by atoms with E-state index in [0.717, 1.165) is 6.54 Å². The first kappa shape index (κ1) is 14.4. The van der Waals surface area contributed by atoms with E-state index >= 15 is 0 Å². The molecule has 0 saturated heterocycles. The first-order chi connectivity index (χ1) is 10.9. The predicted molar refractivity (Wildman–Crippen MR) is 94.2 cm³/mol. The summed E-state index contributed by atoms with van der Waals surface area (Å²) in [6.45, 7) is 3.17. The van der Waals surface area contributed by atoms with Crippen molar-refractivity contribution in [1.82, 2.24) is 0 Å². The van der Waals surface area contributed by atoms with Gasteiger partial charge in [0.2, 0.25) is 0 Å². The minimum atomic E-state index is 0.231. The fourth-order valence-electron chi connectivity index (χ4n) is 2.96. The van der Waals surface area contributed by atoms with Crippen molar-refractivity contribution >= 4 is 5.69 Å². The molecule has 0 aliphatic rings. The zero-order chi connectivity index (χ0) is 15.2. The molecule has 22 heavy (non-hydrogen) atoms. The Morgan fingerprint density at radius 1 is 0.636 bits per heavy atom. The van der Waals surface area contributed by atoms with Gasteiger partial charge in [-0.15, -0.1) is 0 Å². The molecule has 0 saturated carbocycles. The number of para-hydroxylation sites is 1. The zero-order valence-electron chi connectivity index (χ0n) is 12.9. The van der Waals surface area contributed by atoms with E-state index < -0.39 is 0 Å². The van der Waals surface area contributed by atoms with E-state index in [-0.39, 0.29) is 6.04 Å². The van der Waals surface area contributed by atoms with Gasteiger partial charge in [-0.05, 0) is 30.2 Å². The second-order valence-corrected chi connectivity index (χ2v) is 5.35. The van der Waals surface area contributed by atoms with Crippen molar-refractivity contribution in [3.8, 4) is 0 Å². The van der Waals surface area contributed by atoms with Crippen LogP contribution in [0.1, 0.15) is 24.1 Å². The summed E-state index contributed by atoms with van der Waals surface area (Å²) in [6, 6.07) is 32.3. The predicted octanol–water partition coefficient (Wildman–Crippen LogP) is 5.30. The molecule has 0 fully saturated rings. The molecule has 0 unspecified atom stereocenters. The topological polar surface area (TPSA) is 3.24 Å². The molecule has 0 aliphatic heterocycles. The lowest BCUT2D eigenvalue weighted by Gasteiger charge is -2.33. The summed E-state index contributed by atoms with van der Waals surface area (Å²) in [6.07, 6.45) is 0. The van der Waals surface area contributed by atoms with Crippen molar-refractivity contribution in [2.45, 2.75) is 13.0 Å². The molecule has 0 aliphatic carbocycles. The summed E-state index contributed by atoms with van der Waals surface area (Å²) < 4.78 is 0. The van der Waals surface area contributed by atoms with Gasteiger partial charge in [0, 0.05) is 12.2 Å². The molecule has 0 spiro atoms. The van der Waals surface area contributed by atoms with Crippen molar-refractivity contribution in [2.24, 2.45) is 0 Å². The number of benzene rings is 3. The lowest BCUT2D eigenvalue weighted by atomic mass is 9.96. The highest BCUT2D eigenvalue weighted by Crippen LogP contribution is 2.32. The fourth-order valence-corrected chi connectivity index (χ4v) is 2.96. The van der Waals surface area contributed by atoms with Gasteiger partial charge in [0.1, 0.15) is 0 Å². The molecule has 3 aromatic carbocycles. The van der Waals surface area contributed by atoms with Crippen molar-refractivity contribution < 1.29 is 0 Å². The highest BCUT2D eigenvalue weighted by Gasteiger charge is 2.21. The van der Waals surface area contributed by atoms with Crippen LogP contribution in [0.5, 0.6) is 0 Å². The second kappa shape index (κ2) is 6.95. The summed E-state index contributed by atoms with van der Waals surface area (Å²) in [5.41, 5.74) is 3.89. The molecule has 110 valence electrons. The quantitative estimate of drug-likeness (QED) is 0.615. The van der Waals surface area contributed by atoms with Crippen LogP contribution in [0.4, 0.5) is 5.69 Å². The Labute approximate surface area is 132 Å². The Morgan fingerprint density at radius 2 is 1.05 bits per heavy atom. The Morgan fingerprint density at radius 3 is 1.45 bits per heavy atom. The zero-order valence-corrected chi connectivity index (χ0v) is 12.9. The van der Waals surface area contributed by atoms with E-state index in [1.54, 1.807) is 0 Å². The third-order valence-electron chi connectivity index (χ3n) is 3.97. The van der Waals surface area contributed by atoms with Gasteiger partial charge in [-0.1, -0.05) is 78.9 Å². The van der Waals surface area contributed by atoms with Crippen molar-refractivity contribution in [3.63, 3.8) is 0 Å². The van der Waals surface area contributed by atoms with E-state index in [1.807, 2.05) is 0 Å². The smallest absolute Gasteiger partial charge is 0.0795 e. The van der Waals surface area contributed by atoms with Crippen LogP contribution in [0, 0.1) is 0 Å². The molecule has 0 amide bonds. The first-order valence-corrected chi connectivity index (χ1v) is 7.81.